The summed E-state index contributed by atoms with van der Waals surface area (Å²) in [6, 6.07) is 6.61. The Balaban J connectivity index is 2.39. The van der Waals surface area contributed by atoms with E-state index < -0.39 is 10.0 Å². The van der Waals surface area contributed by atoms with Gasteiger partial charge in [-0.15, -0.1) is 0 Å². The third kappa shape index (κ3) is 3.12. The lowest BCUT2D eigenvalue weighted by Crippen LogP contribution is -2.43. The molecule has 0 aliphatic heterocycles. The molecule has 0 atom stereocenters. The molecule has 0 saturated heterocycles. The molecule has 2 rings (SSSR count). The molecule has 0 heterocycles. The van der Waals surface area contributed by atoms with Gasteiger partial charge in [0.25, 0.3) is 0 Å². The third-order valence-corrected chi connectivity index (χ3v) is 5.92. The van der Waals surface area contributed by atoms with Crippen LogP contribution >= 0.6 is 11.6 Å². The molecule has 1 aliphatic rings. The minimum absolute atomic E-state index is 0.0351. The van der Waals surface area contributed by atoms with Crippen molar-refractivity contribution in [3.05, 3.63) is 29.3 Å². The summed E-state index contributed by atoms with van der Waals surface area (Å²) in [5, 5.41) is 0.455. The lowest BCUT2D eigenvalue weighted by Gasteiger charge is -2.31. The van der Waals surface area contributed by atoms with Crippen LogP contribution in [0.1, 0.15) is 39.5 Å². The second-order valence-corrected chi connectivity index (χ2v) is 7.60. The van der Waals surface area contributed by atoms with Gasteiger partial charge in [-0.3, -0.25) is 0 Å². The van der Waals surface area contributed by atoms with Crippen LogP contribution in [0.3, 0.4) is 0 Å². The molecule has 0 N–H and O–H groups in total. The van der Waals surface area contributed by atoms with E-state index >= 15 is 0 Å². The van der Waals surface area contributed by atoms with Crippen molar-refractivity contribution >= 4 is 21.6 Å². The molecule has 19 heavy (non-hydrogen) atoms. The Bertz CT molecular complexity index is 536. The topological polar surface area (TPSA) is 37.4 Å². The molecule has 1 aromatic carbocycles. The van der Waals surface area contributed by atoms with Crippen LogP contribution in [0.25, 0.3) is 0 Å². The maximum atomic E-state index is 12.8. The summed E-state index contributed by atoms with van der Waals surface area (Å²) < 4.78 is 27.2. The third-order valence-electron chi connectivity index (χ3n) is 3.57. The Kier molecular flexibility index (Phi) is 4.54. The van der Waals surface area contributed by atoms with Crippen molar-refractivity contribution < 1.29 is 8.42 Å². The smallest absolute Gasteiger partial charge is 0.207 e. The second kappa shape index (κ2) is 5.81. The predicted octanol–water partition coefficient (Wildman–Crippen LogP) is 3.68. The molecule has 0 bridgehead atoms. The van der Waals surface area contributed by atoms with Crippen molar-refractivity contribution in [3.63, 3.8) is 0 Å². The first-order chi connectivity index (χ1) is 8.93. The van der Waals surface area contributed by atoms with Gasteiger partial charge in [0.05, 0.1) is 4.90 Å². The summed E-state index contributed by atoms with van der Waals surface area (Å²) in [6.07, 6.45) is 4.13. The fourth-order valence-electron chi connectivity index (χ4n) is 2.80. The Hall–Kier alpha value is -0.580. The van der Waals surface area contributed by atoms with Crippen molar-refractivity contribution in [1.29, 1.82) is 0 Å². The molecule has 5 heteroatoms. The summed E-state index contributed by atoms with van der Waals surface area (Å²) in [5.41, 5.74) is 0. The van der Waals surface area contributed by atoms with Gasteiger partial charge in [0.15, 0.2) is 0 Å². The standard InChI is InChI=1S/C14H20ClNO2S/c1-11(2)16(13-7-3-4-8-13)19(17,18)14-9-5-6-12(15)10-14/h5-6,9-11,13H,3-4,7-8H2,1-2H3. The van der Waals surface area contributed by atoms with Gasteiger partial charge >= 0.3 is 0 Å². The number of rotatable bonds is 4. The molecule has 3 nitrogen and oxygen atoms in total. The number of hydrogen-bond acceptors (Lipinski definition) is 2. The molecule has 1 aromatic rings. The molecule has 0 unspecified atom stereocenters. The van der Waals surface area contributed by atoms with Crippen molar-refractivity contribution in [3.8, 4) is 0 Å². The van der Waals surface area contributed by atoms with E-state index in [-0.39, 0.29) is 12.1 Å². The fourth-order valence-corrected chi connectivity index (χ4v) is 4.99. The normalized spacial score (nSPS) is 17.5. The molecular weight excluding hydrogens is 282 g/mol. The molecule has 1 fully saturated rings. The molecule has 106 valence electrons. The summed E-state index contributed by atoms with van der Waals surface area (Å²) in [7, 11) is -3.46. The monoisotopic (exact) mass is 301 g/mol. The fraction of sp³-hybridized carbons (Fsp3) is 0.571. The van der Waals surface area contributed by atoms with E-state index in [4.69, 9.17) is 11.6 Å². The second-order valence-electron chi connectivity index (χ2n) is 5.32. The first-order valence-corrected chi connectivity index (χ1v) is 8.54. The molecule has 1 saturated carbocycles. The highest BCUT2D eigenvalue weighted by Crippen LogP contribution is 2.31. The summed E-state index contributed by atoms with van der Waals surface area (Å²) in [5.74, 6) is 0. The van der Waals surface area contributed by atoms with E-state index in [0.29, 0.717) is 9.92 Å². The SMILES string of the molecule is CC(C)N(C1CCCC1)S(=O)(=O)c1cccc(Cl)c1. The molecule has 1 aliphatic carbocycles. The van der Waals surface area contributed by atoms with E-state index in [1.807, 2.05) is 13.8 Å². The predicted molar refractivity (Wildman–Crippen MR) is 77.9 cm³/mol. The van der Waals surface area contributed by atoms with Crippen molar-refractivity contribution in [2.45, 2.75) is 56.5 Å². The van der Waals surface area contributed by atoms with Crippen LogP contribution in [0.4, 0.5) is 0 Å². The van der Waals surface area contributed by atoms with Crippen LogP contribution in [0, 0.1) is 0 Å². The molecule has 0 spiro atoms. The zero-order valence-electron chi connectivity index (χ0n) is 11.3. The van der Waals surface area contributed by atoms with Crippen LogP contribution in [0.2, 0.25) is 5.02 Å². The Morgan fingerprint density at radius 1 is 1.26 bits per heavy atom. The molecule has 0 aromatic heterocycles. The summed E-state index contributed by atoms with van der Waals surface area (Å²) in [6.45, 7) is 3.86. The highest BCUT2D eigenvalue weighted by atomic mass is 35.5. The zero-order chi connectivity index (χ0) is 14.0. The van der Waals surface area contributed by atoms with Crippen molar-refractivity contribution in [1.82, 2.24) is 4.31 Å². The van der Waals surface area contributed by atoms with Crippen LogP contribution < -0.4 is 0 Å². The van der Waals surface area contributed by atoms with Crippen LogP contribution in [0.5, 0.6) is 0 Å². The maximum absolute atomic E-state index is 12.8. The van der Waals surface area contributed by atoms with Crippen LogP contribution in [0.15, 0.2) is 29.2 Å². The van der Waals surface area contributed by atoms with Crippen molar-refractivity contribution in [2.24, 2.45) is 0 Å². The maximum Gasteiger partial charge on any atom is 0.243 e. The highest BCUT2D eigenvalue weighted by Gasteiger charge is 2.35. The zero-order valence-corrected chi connectivity index (χ0v) is 12.9. The molecule has 0 amide bonds. The van der Waals surface area contributed by atoms with E-state index in [0.717, 1.165) is 25.7 Å². The number of halogens is 1. The minimum Gasteiger partial charge on any atom is -0.207 e. The van der Waals surface area contributed by atoms with Crippen LogP contribution in [-0.2, 0) is 10.0 Å². The quantitative estimate of drug-likeness (QED) is 0.850. The van der Waals surface area contributed by atoms with E-state index in [9.17, 15) is 8.42 Å². The van der Waals surface area contributed by atoms with E-state index in [2.05, 4.69) is 0 Å². The Morgan fingerprint density at radius 3 is 2.42 bits per heavy atom. The van der Waals surface area contributed by atoms with Gasteiger partial charge in [-0.25, -0.2) is 8.42 Å². The summed E-state index contributed by atoms with van der Waals surface area (Å²) in [4.78, 5) is 0.292. The number of hydrogen-bond donors (Lipinski definition) is 0. The number of sulfonamides is 1. The molecule has 0 radical (unpaired) electrons. The van der Waals surface area contributed by atoms with Crippen LogP contribution in [-0.4, -0.2) is 24.8 Å². The average molecular weight is 302 g/mol. The van der Waals surface area contributed by atoms with Gasteiger partial charge in [-0.2, -0.15) is 4.31 Å². The van der Waals surface area contributed by atoms with E-state index in [1.165, 1.54) is 6.07 Å². The number of benzene rings is 1. The lowest BCUT2D eigenvalue weighted by atomic mass is 10.2. The first kappa shape index (κ1) is 14.8. The van der Waals surface area contributed by atoms with Crippen molar-refractivity contribution in [2.75, 3.05) is 0 Å². The highest BCUT2D eigenvalue weighted by molar-refractivity contribution is 7.89. The van der Waals surface area contributed by atoms with Gasteiger partial charge in [0.2, 0.25) is 10.0 Å². The first-order valence-electron chi connectivity index (χ1n) is 6.72. The largest absolute Gasteiger partial charge is 0.243 e. The average Bonchev–Trinajstić information content (AvgIpc) is 2.81. The van der Waals surface area contributed by atoms with E-state index in [1.54, 1.807) is 22.5 Å². The Morgan fingerprint density at radius 2 is 1.89 bits per heavy atom. The minimum atomic E-state index is -3.46. The Labute approximate surface area is 120 Å². The molecular formula is C14H20ClNO2S. The van der Waals surface area contributed by atoms with Gasteiger partial charge in [0, 0.05) is 17.1 Å². The summed E-state index contributed by atoms with van der Waals surface area (Å²) >= 11 is 5.91. The number of nitrogens with zero attached hydrogens (tertiary/aromatic N) is 1. The van der Waals surface area contributed by atoms with Gasteiger partial charge < -0.3 is 0 Å². The van der Waals surface area contributed by atoms with Gasteiger partial charge in [-0.05, 0) is 44.9 Å². The van der Waals surface area contributed by atoms with Gasteiger partial charge in [0.1, 0.15) is 0 Å². The van der Waals surface area contributed by atoms with Gasteiger partial charge in [-0.1, -0.05) is 30.5 Å². The lowest BCUT2D eigenvalue weighted by molar-refractivity contribution is 0.275.